The van der Waals surface area contributed by atoms with Gasteiger partial charge in [-0.15, -0.1) is 0 Å². The maximum absolute atomic E-state index is 12.6. The summed E-state index contributed by atoms with van der Waals surface area (Å²) in [5.74, 6) is 0.0287. The van der Waals surface area contributed by atoms with E-state index in [0.29, 0.717) is 6.54 Å². The Balaban J connectivity index is 1.61. The standard InChI is InChI=1S/C21H31N3O3/c1-16-7-5-9-19(17(16)2)22-20(25)14-23(13-18-8-6-12-27-18)15-21(26)24-10-3-4-11-24/h5,7,9,18H,3-4,6,8,10-15H2,1-2H3,(H,22,25). The molecule has 6 nitrogen and oxygen atoms in total. The van der Waals surface area contributed by atoms with Crippen LogP contribution in [0.3, 0.4) is 0 Å². The van der Waals surface area contributed by atoms with Crippen molar-refractivity contribution in [2.75, 3.05) is 44.6 Å². The molecule has 1 atom stereocenters. The molecule has 0 aliphatic carbocycles. The summed E-state index contributed by atoms with van der Waals surface area (Å²) in [7, 11) is 0. The van der Waals surface area contributed by atoms with E-state index >= 15 is 0 Å². The van der Waals surface area contributed by atoms with Crippen LogP contribution in [0.15, 0.2) is 18.2 Å². The number of hydrogen-bond acceptors (Lipinski definition) is 4. The number of ether oxygens (including phenoxy) is 1. The minimum absolute atomic E-state index is 0.0871. The first-order valence-corrected chi connectivity index (χ1v) is 10.0. The number of nitrogens with one attached hydrogen (secondary N) is 1. The quantitative estimate of drug-likeness (QED) is 0.797. The number of rotatable bonds is 7. The summed E-state index contributed by atoms with van der Waals surface area (Å²) in [4.78, 5) is 29.1. The number of likely N-dealkylation sites (tertiary alicyclic amines) is 1. The Morgan fingerprint density at radius 2 is 1.96 bits per heavy atom. The minimum Gasteiger partial charge on any atom is -0.377 e. The molecule has 148 valence electrons. The van der Waals surface area contributed by atoms with Gasteiger partial charge in [0.25, 0.3) is 0 Å². The van der Waals surface area contributed by atoms with Crippen molar-refractivity contribution < 1.29 is 14.3 Å². The van der Waals surface area contributed by atoms with Crippen molar-refractivity contribution in [3.8, 4) is 0 Å². The molecule has 0 aromatic heterocycles. The summed E-state index contributed by atoms with van der Waals surface area (Å²) < 4.78 is 5.73. The number of benzene rings is 1. The van der Waals surface area contributed by atoms with Crippen molar-refractivity contribution in [1.29, 1.82) is 0 Å². The van der Waals surface area contributed by atoms with Gasteiger partial charge in [0.1, 0.15) is 0 Å². The van der Waals surface area contributed by atoms with E-state index < -0.39 is 0 Å². The number of carbonyl (C=O) groups excluding carboxylic acids is 2. The molecule has 1 unspecified atom stereocenters. The summed E-state index contributed by atoms with van der Waals surface area (Å²) in [5, 5.41) is 3.00. The lowest BCUT2D eigenvalue weighted by molar-refractivity contribution is -0.132. The van der Waals surface area contributed by atoms with E-state index in [1.165, 1.54) is 0 Å². The third-order valence-corrected chi connectivity index (χ3v) is 5.55. The summed E-state index contributed by atoms with van der Waals surface area (Å²) in [6, 6.07) is 5.89. The highest BCUT2D eigenvalue weighted by Gasteiger charge is 2.25. The smallest absolute Gasteiger partial charge is 0.238 e. The van der Waals surface area contributed by atoms with Gasteiger partial charge in [-0.05, 0) is 56.7 Å². The lowest BCUT2D eigenvalue weighted by atomic mass is 10.1. The van der Waals surface area contributed by atoms with Crippen LogP contribution in [0.4, 0.5) is 5.69 Å². The van der Waals surface area contributed by atoms with Crippen LogP contribution in [-0.2, 0) is 14.3 Å². The molecule has 0 spiro atoms. The molecule has 3 rings (SSSR count). The zero-order valence-electron chi connectivity index (χ0n) is 16.5. The second-order valence-corrected chi connectivity index (χ2v) is 7.69. The lowest BCUT2D eigenvalue weighted by Crippen LogP contribution is -2.45. The van der Waals surface area contributed by atoms with E-state index in [2.05, 4.69) is 5.32 Å². The van der Waals surface area contributed by atoms with E-state index in [0.717, 1.165) is 62.2 Å². The van der Waals surface area contributed by atoms with Gasteiger partial charge in [0, 0.05) is 31.9 Å². The number of nitrogens with zero attached hydrogens (tertiary/aromatic N) is 2. The molecule has 27 heavy (non-hydrogen) atoms. The number of aryl methyl sites for hydroxylation is 1. The molecule has 0 radical (unpaired) electrons. The van der Waals surface area contributed by atoms with E-state index in [1.807, 2.05) is 41.8 Å². The Labute approximate surface area is 161 Å². The zero-order chi connectivity index (χ0) is 19.2. The average molecular weight is 373 g/mol. The molecular formula is C21H31N3O3. The Kier molecular flexibility index (Phi) is 6.85. The Bertz CT molecular complexity index is 665. The first-order chi connectivity index (χ1) is 13.0. The van der Waals surface area contributed by atoms with Gasteiger partial charge < -0.3 is 15.0 Å². The van der Waals surface area contributed by atoms with Gasteiger partial charge in [-0.3, -0.25) is 14.5 Å². The molecular weight excluding hydrogens is 342 g/mol. The lowest BCUT2D eigenvalue weighted by Gasteiger charge is -2.26. The van der Waals surface area contributed by atoms with Crippen LogP contribution in [0.2, 0.25) is 0 Å². The summed E-state index contributed by atoms with van der Waals surface area (Å²) in [6.07, 6.45) is 4.31. The molecule has 2 aliphatic rings. The van der Waals surface area contributed by atoms with Crippen molar-refractivity contribution in [2.45, 2.75) is 45.6 Å². The van der Waals surface area contributed by atoms with Crippen molar-refractivity contribution in [3.63, 3.8) is 0 Å². The Morgan fingerprint density at radius 3 is 2.67 bits per heavy atom. The van der Waals surface area contributed by atoms with Gasteiger partial charge in [-0.1, -0.05) is 12.1 Å². The topological polar surface area (TPSA) is 61.9 Å². The molecule has 2 aliphatic heterocycles. The van der Waals surface area contributed by atoms with Crippen LogP contribution in [0, 0.1) is 13.8 Å². The fourth-order valence-electron chi connectivity index (χ4n) is 3.80. The first kappa shape index (κ1) is 19.8. The van der Waals surface area contributed by atoms with Crippen molar-refractivity contribution in [1.82, 2.24) is 9.80 Å². The fourth-order valence-corrected chi connectivity index (χ4v) is 3.80. The van der Waals surface area contributed by atoms with Crippen LogP contribution in [-0.4, -0.2) is 67.0 Å². The van der Waals surface area contributed by atoms with E-state index in [4.69, 9.17) is 4.74 Å². The molecule has 2 fully saturated rings. The van der Waals surface area contributed by atoms with Crippen LogP contribution in [0.25, 0.3) is 0 Å². The molecule has 2 heterocycles. The maximum atomic E-state index is 12.6. The summed E-state index contributed by atoms with van der Waals surface area (Å²) >= 11 is 0. The Hall–Kier alpha value is -1.92. The molecule has 0 bridgehead atoms. The highest BCUT2D eigenvalue weighted by molar-refractivity contribution is 5.93. The number of anilines is 1. The highest BCUT2D eigenvalue weighted by Crippen LogP contribution is 2.18. The van der Waals surface area contributed by atoms with E-state index in [1.54, 1.807) is 0 Å². The van der Waals surface area contributed by atoms with Gasteiger partial charge in [-0.25, -0.2) is 0 Å². The van der Waals surface area contributed by atoms with Gasteiger partial charge in [0.15, 0.2) is 0 Å². The normalized spacial score (nSPS) is 19.7. The van der Waals surface area contributed by atoms with Crippen molar-refractivity contribution >= 4 is 17.5 Å². The monoisotopic (exact) mass is 373 g/mol. The Morgan fingerprint density at radius 1 is 1.19 bits per heavy atom. The van der Waals surface area contributed by atoms with Crippen LogP contribution in [0.1, 0.15) is 36.8 Å². The maximum Gasteiger partial charge on any atom is 0.238 e. The first-order valence-electron chi connectivity index (χ1n) is 10.0. The number of hydrogen-bond donors (Lipinski definition) is 1. The SMILES string of the molecule is Cc1cccc(NC(=O)CN(CC(=O)N2CCCC2)CC2CCCO2)c1C. The highest BCUT2D eigenvalue weighted by atomic mass is 16.5. The summed E-state index contributed by atoms with van der Waals surface area (Å²) in [5.41, 5.74) is 3.06. The molecule has 1 aromatic carbocycles. The van der Waals surface area contributed by atoms with E-state index in [-0.39, 0.29) is 31.0 Å². The van der Waals surface area contributed by atoms with Crippen LogP contribution >= 0.6 is 0 Å². The van der Waals surface area contributed by atoms with Crippen LogP contribution in [0.5, 0.6) is 0 Å². The van der Waals surface area contributed by atoms with Gasteiger partial charge in [-0.2, -0.15) is 0 Å². The third kappa shape index (κ3) is 5.53. The van der Waals surface area contributed by atoms with Crippen molar-refractivity contribution in [3.05, 3.63) is 29.3 Å². The van der Waals surface area contributed by atoms with Gasteiger partial charge >= 0.3 is 0 Å². The minimum atomic E-state index is -0.0871. The largest absolute Gasteiger partial charge is 0.377 e. The fraction of sp³-hybridized carbons (Fsp3) is 0.619. The van der Waals surface area contributed by atoms with E-state index in [9.17, 15) is 9.59 Å². The average Bonchev–Trinajstić information content (AvgIpc) is 3.32. The second kappa shape index (κ2) is 9.33. The van der Waals surface area contributed by atoms with Crippen molar-refractivity contribution in [2.24, 2.45) is 0 Å². The number of carbonyl (C=O) groups is 2. The molecule has 6 heteroatoms. The zero-order valence-corrected chi connectivity index (χ0v) is 16.5. The molecule has 2 amide bonds. The molecule has 2 saturated heterocycles. The molecule has 1 N–H and O–H groups in total. The predicted molar refractivity (Wildman–Crippen MR) is 106 cm³/mol. The third-order valence-electron chi connectivity index (χ3n) is 5.55. The predicted octanol–water partition coefficient (Wildman–Crippen LogP) is 2.35. The van der Waals surface area contributed by atoms with Gasteiger partial charge in [0.05, 0.1) is 19.2 Å². The second-order valence-electron chi connectivity index (χ2n) is 7.69. The van der Waals surface area contributed by atoms with Crippen LogP contribution < -0.4 is 5.32 Å². The summed E-state index contributed by atoms with van der Waals surface area (Å²) in [6.45, 7) is 7.58. The molecule has 0 saturated carbocycles. The number of amides is 2. The van der Waals surface area contributed by atoms with Gasteiger partial charge in [0.2, 0.25) is 11.8 Å². The molecule has 1 aromatic rings.